The van der Waals surface area contributed by atoms with Gasteiger partial charge in [0.1, 0.15) is 29.0 Å². The van der Waals surface area contributed by atoms with Crippen LogP contribution in [0.2, 0.25) is 0 Å². The van der Waals surface area contributed by atoms with E-state index in [2.05, 4.69) is 16.0 Å². The van der Waals surface area contributed by atoms with Crippen LogP contribution in [0.15, 0.2) is 22.6 Å². The molecule has 22 heavy (non-hydrogen) atoms. The maximum Gasteiger partial charge on any atom is 0.180 e. The molecule has 110 valence electrons. The van der Waals surface area contributed by atoms with Gasteiger partial charge in [-0.3, -0.25) is 0 Å². The molecule has 0 aliphatic heterocycles. The Kier molecular flexibility index (Phi) is 3.31. The van der Waals surface area contributed by atoms with Gasteiger partial charge in [0, 0.05) is 5.56 Å². The number of furan rings is 1. The molecule has 4 N–H and O–H groups in total. The molecule has 0 amide bonds. The maximum absolute atomic E-state index is 9.35. The number of nitrogens with two attached hydrogens (primary N) is 2. The van der Waals surface area contributed by atoms with Gasteiger partial charge in [-0.05, 0) is 32.0 Å². The van der Waals surface area contributed by atoms with Crippen LogP contribution in [0.4, 0.5) is 10.9 Å². The van der Waals surface area contributed by atoms with Gasteiger partial charge in [0.15, 0.2) is 5.13 Å². The number of rotatable bonds is 2. The second-order valence-electron chi connectivity index (χ2n) is 4.80. The van der Waals surface area contributed by atoms with Crippen molar-refractivity contribution >= 4 is 22.3 Å². The molecular formula is C15H13N5OS. The molecule has 3 heterocycles. The molecule has 3 aromatic rings. The number of nitrogens with zero attached hydrogens (tertiary/aromatic N) is 3. The van der Waals surface area contributed by atoms with E-state index in [1.807, 2.05) is 26.0 Å². The standard InChI is InChI=1S/C15H13N5OS/c1-7-3-4-12(21-7)9-5-11(20-14(17)10(9)6-16)13-8(2)19-15(18)22-13/h3-5H,1-2H3,(H2,17,20)(H2,18,19). The van der Waals surface area contributed by atoms with Crippen molar-refractivity contribution in [2.75, 3.05) is 11.5 Å². The summed E-state index contributed by atoms with van der Waals surface area (Å²) < 4.78 is 5.62. The Morgan fingerprint density at radius 1 is 1.23 bits per heavy atom. The minimum absolute atomic E-state index is 0.162. The second-order valence-corrected chi connectivity index (χ2v) is 5.83. The number of aromatic nitrogens is 2. The Morgan fingerprint density at radius 2 is 2.00 bits per heavy atom. The molecule has 0 unspecified atom stereocenters. The average Bonchev–Trinajstić information content (AvgIpc) is 3.03. The van der Waals surface area contributed by atoms with E-state index in [0.29, 0.717) is 27.7 Å². The van der Waals surface area contributed by atoms with Gasteiger partial charge in [-0.15, -0.1) is 0 Å². The molecule has 0 aliphatic rings. The summed E-state index contributed by atoms with van der Waals surface area (Å²) in [6.45, 7) is 3.70. The highest BCUT2D eigenvalue weighted by atomic mass is 32.1. The van der Waals surface area contributed by atoms with Gasteiger partial charge < -0.3 is 15.9 Å². The number of aryl methyl sites for hydroxylation is 2. The molecule has 6 nitrogen and oxygen atoms in total. The van der Waals surface area contributed by atoms with Crippen molar-refractivity contribution in [2.24, 2.45) is 0 Å². The highest BCUT2D eigenvalue weighted by Gasteiger charge is 2.18. The number of nitrogen functional groups attached to an aromatic ring is 2. The van der Waals surface area contributed by atoms with Gasteiger partial charge in [0.05, 0.1) is 16.3 Å². The van der Waals surface area contributed by atoms with Crippen molar-refractivity contribution in [3.63, 3.8) is 0 Å². The molecule has 0 aliphatic carbocycles. The zero-order chi connectivity index (χ0) is 15.9. The third-order valence-electron chi connectivity index (χ3n) is 3.21. The lowest BCUT2D eigenvalue weighted by Crippen LogP contribution is -1.99. The average molecular weight is 311 g/mol. The van der Waals surface area contributed by atoms with E-state index in [0.717, 1.165) is 16.3 Å². The normalized spacial score (nSPS) is 10.6. The number of hydrogen-bond donors (Lipinski definition) is 2. The smallest absolute Gasteiger partial charge is 0.180 e. The molecule has 0 bridgehead atoms. The van der Waals surface area contributed by atoms with Crippen LogP contribution in [0.1, 0.15) is 17.0 Å². The van der Waals surface area contributed by atoms with Crippen LogP contribution in [0.25, 0.3) is 21.9 Å². The topological polar surface area (TPSA) is 115 Å². The van der Waals surface area contributed by atoms with Crippen molar-refractivity contribution in [1.82, 2.24) is 9.97 Å². The Balaban J connectivity index is 2.25. The molecule has 0 radical (unpaired) electrons. The number of nitriles is 1. The fraction of sp³-hybridized carbons (Fsp3) is 0.133. The minimum Gasteiger partial charge on any atom is -0.461 e. The van der Waals surface area contributed by atoms with E-state index >= 15 is 0 Å². The van der Waals surface area contributed by atoms with Gasteiger partial charge >= 0.3 is 0 Å². The second kappa shape index (κ2) is 5.16. The van der Waals surface area contributed by atoms with E-state index in [1.54, 1.807) is 6.07 Å². The Morgan fingerprint density at radius 3 is 2.55 bits per heavy atom. The lowest BCUT2D eigenvalue weighted by molar-refractivity contribution is 0.548. The predicted octanol–water partition coefficient (Wildman–Crippen LogP) is 3.12. The summed E-state index contributed by atoms with van der Waals surface area (Å²) in [4.78, 5) is 9.33. The summed E-state index contributed by atoms with van der Waals surface area (Å²) >= 11 is 1.33. The van der Waals surface area contributed by atoms with Crippen LogP contribution in [-0.4, -0.2) is 9.97 Å². The first-order chi connectivity index (χ1) is 10.5. The van der Waals surface area contributed by atoms with Crippen molar-refractivity contribution in [2.45, 2.75) is 13.8 Å². The van der Waals surface area contributed by atoms with E-state index in [-0.39, 0.29) is 5.82 Å². The molecule has 0 atom stereocenters. The maximum atomic E-state index is 9.35. The van der Waals surface area contributed by atoms with E-state index < -0.39 is 0 Å². The fourth-order valence-electron chi connectivity index (χ4n) is 2.23. The van der Waals surface area contributed by atoms with E-state index in [1.165, 1.54) is 11.3 Å². The summed E-state index contributed by atoms with van der Waals surface area (Å²) in [6.07, 6.45) is 0. The van der Waals surface area contributed by atoms with Gasteiger partial charge in [0.2, 0.25) is 0 Å². The van der Waals surface area contributed by atoms with Gasteiger partial charge in [-0.25, -0.2) is 9.97 Å². The molecule has 0 saturated heterocycles. The summed E-state index contributed by atoms with van der Waals surface area (Å²) in [6, 6.07) is 7.51. The molecule has 0 fully saturated rings. The van der Waals surface area contributed by atoms with Crippen LogP contribution >= 0.6 is 11.3 Å². The van der Waals surface area contributed by atoms with Crippen molar-refractivity contribution < 1.29 is 4.42 Å². The predicted molar refractivity (Wildman–Crippen MR) is 86.1 cm³/mol. The first-order valence-corrected chi connectivity index (χ1v) is 7.32. The molecule has 0 aromatic carbocycles. The van der Waals surface area contributed by atoms with Crippen molar-refractivity contribution in [3.05, 3.63) is 35.2 Å². The molecule has 0 spiro atoms. The van der Waals surface area contributed by atoms with E-state index in [9.17, 15) is 5.26 Å². The zero-order valence-corrected chi connectivity index (χ0v) is 12.9. The zero-order valence-electron chi connectivity index (χ0n) is 12.0. The molecule has 7 heteroatoms. The summed E-state index contributed by atoms with van der Waals surface area (Å²) in [5.74, 6) is 1.50. The molecular weight excluding hydrogens is 298 g/mol. The number of pyridine rings is 1. The first kappa shape index (κ1) is 14.1. The first-order valence-electron chi connectivity index (χ1n) is 6.50. The summed E-state index contributed by atoms with van der Waals surface area (Å²) in [7, 11) is 0. The Hall–Kier alpha value is -2.85. The third kappa shape index (κ3) is 2.29. The van der Waals surface area contributed by atoms with Crippen LogP contribution < -0.4 is 11.5 Å². The highest BCUT2D eigenvalue weighted by Crippen LogP contribution is 2.36. The van der Waals surface area contributed by atoms with Gasteiger partial charge in [-0.1, -0.05) is 11.3 Å². The van der Waals surface area contributed by atoms with Crippen LogP contribution in [0.3, 0.4) is 0 Å². The largest absolute Gasteiger partial charge is 0.461 e. The van der Waals surface area contributed by atoms with Crippen LogP contribution in [0.5, 0.6) is 0 Å². The van der Waals surface area contributed by atoms with Crippen LogP contribution in [0, 0.1) is 25.2 Å². The Labute approximate surface area is 131 Å². The molecule has 3 rings (SSSR count). The lowest BCUT2D eigenvalue weighted by Gasteiger charge is -2.07. The van der Waals surface area contributed by atoms with Gasteiger partial charge in [0.25, 0.3) is 0 Å². The summed E-state index contributed by atoms with van der Waals surface area (Å²) in [5, 5.41) is 9.81. The van der Waals surface area contributed by atoms with E-state index in [4.69, 9.17) is 15.9 Å². The van der Waals surface area contributed by atoms with Gasteiger partial charge in [-0.2, -0.15) is 5.26 Å². The van der Waals surface area contributed by atoms with Crippen molar-refractivity contribution in [3.8, 4) is 28.0 Å². The van der Waals surface area contributed by atoms with Crippen molar-refractivity contribution in [1.29, 1.82) is 5.26 Å². The third-order valence-corrected chi connectivity index (χ3v) is 4.22. The SMILES string of the molecule is Cc1ccc(-c2cc(-c3sc(N)nc3C)nc(N)c2C#N)o1. The fourth-order valence-corrected chi connectivity index (χ4v) is 3.02. The molecule has 0 saturated carbocycles. The Bertz CT molecular complexity index is 903. The number of anilines is 2. The summed E-state index contributed by atoms with van der Waals surface area (Å²) in [5.41, 5.74) is 14.0. The monoisotopic (exact) mass is 311 g/mol. The number of hydrogen-bond acceptors (Lipinski definition) is 7. The van der Waals surface area contributed by atoms with Crippen LogP contribution in [-0.2, 0) is 0 Å². The minimum atomic E-state index is 0.162. The quantitative estimate of drug-likeness (QED) is 0.751. The number of thiazole rings is 1. The highest BCUT2D eigenvalue weighted by molar-refractivity contribution is 7.18. The molecule has 3 aromatic heterocycles. The lowest BCUT2D eigenvalue weighted by atomic mass is 10.1.